The number of amides is 1. The molecule has 1 saturated heterocycles. The number of likely N-dealkylation sites (tertiary alicyclic amines) is 1. The molecule has 0 spiro atoms. The summed E-state index contributed by atoms with van der Waals surface area (Å²) in [6.07, 6.45) is 2.67. The van der Waals surface area contributed by atoms with Gasteiger partial charge in [-0.1, -0.05) is 30.7 Å². The maximum atomic E-state index is 12.3. The molecule has 1 aliphatic heterocycles. The Balaban J connectivity index is 1.45. The number of carboxylic acid groups (broad SMARTS) is 1. The molecule has 1 aromatic carbocycles. The molecular weight excluding hydrogens is 332 g/mol. The molecule has 0 radical (unpaired) electrons. The highest BCUT2D eigenvalue weighted by Gasteiger charge is 2.54. The number of benzene rings is 1. The van der Waals surface area contributed by atoms with Crippen molar-refractivity contribution in [3.05, 3.63) is 35.4 Å². The quantitative estimate of drug-likeness (QED) is 0.742. The van der Waals surface area contributed by atoms with Crippen LogP contribution in [0.5, 0.6) is 0 Å². The fraction of sp³-hybridized carbons (Fsp3) is 0.600. The average molecular weight is 360 g/mol. The van der Waals surface area contributed by atoms with Crippen molar-refractivity contribution in [2.24, 2.45) is 11.3 Å². The van der Waals surface area contributed by atoms with Gasteiger partial charge in [-0.05, 0) is 36.8 Å². The van der Waals surface area contributed by atoms with Gasteiger partial charge in [-0.2, -0.15) is 0 Å². The molecule has 2 fully saturated rings. The Bertz CT molecular complexity index is 646. The van der Waals surface area contributed by atoms with Crippen molar-refractivity contribution in [3.63, 3.8) is 0 Å². The number of fused-ring (bicyclic) bond motifs is 1. The first-order chi connectivity index (χ1) is 12.5. The molecule has 1 aromatic rings. The monoisotopic (exact) mass is 360 g/mol. The average Bonchev–Trinajstić information content (AvgIpc) is 3.17. The second-order valence-corrected chi connectivity index (χ2v) is 7.45. The summed E-state index contributed by atoms with van der Waals surface area (Å²) >= 11 is 0. The third-order valence-electron chi connectivity index (χ3n) is 5.72. The first kappa shape index (κ1) is 18.9. The largest absolute Gasteiger partial charge is 0.481 e. The summed E-state index contributed by atoms with van der Waals surface area (Å²) in [6, 6.07) is 8.01. The van der Waals surface area contributed by atoms with Crippen molar-refractivity contribution >= 4 is 11.9 Å². The molecule has 0 aromatic heterocycles. The zero-order valence-electron chi connectivity index (χ0n) is 15.4. The summed E-state index contributed by atoms with van der Waals surface area (Å²) in [5, 5.41) is 12.6. The maximum absolute atomic E-state index is 12.3. The Morgan fingerprint density at radius 2 is 2.04 bits per heavy atom. The van der Waals surface area contributed by atoms with Gasteiger partial charge in [0.15, 0.2) is 0 Å². The topological polar surface area (TPSA) is 78.9 Å². The Kier molecular flexibility index (Phi) is 5.94. The first-order valence-corrected chi connectivity index (χ1v) is 9.41. The molecule has 2 atom stereocenters. The van der Waals surface area contributed by atoms with Gasteiger partial charge >= 0.3 is 5.97 Å². The van der Waals surface area contributed by atoms with Gasteiger partial charge in [-0.25, -0.2) is 0 Å². The van der Waals surface area contributed by atoms with E-state index < -0.39 is 11.4 Å². The lowest BCUT2D eigenvalue weighted by Crippen LogP contribution is -2.39. The molecule has 1 aliphatic carbocycles. The Morgan fingerprint density at radius 1 is 1.31 bits per heavy atom. The standard InChI is InChI=1S/C20H28N2O4/c1-2-26-13-16-7-5-15(6-8-16)10-21-18(23)12-22-11-17-4-3-9-20(17,14-22)19(24)25/h5-8,17H,2-4,9-14H2,1H3,(H,21,23)(H,24,25)/t17-,20+/m0/s1. The molecule has 1 amide bonds. The van der Waals surface area contributed by atoms with Gasteiger partial charge in [0.05, 0.1) is 18.6 Å². The molecule has 3 rings (SSSR count). The number of carbonyl (C=O) groups excluding carboxylic acids is 1. The van der Waals surface area contributed by atoms with Gasteiger partial charge in [0.2, 0.25) is 5.91 Å². The molecule has 2 aliphatic rings. The van der Waals surface area contributed by atoms with Gasteiger partial charge in [0.25, 0.3) is 0 Å². The lowest BCUT2D eigenvalue weighted by Gasteiger charge is -2.23. The zero-order chi connectivity index (χ0) is 18.6. The fourth-order valence-corrected chi connectivity index (χ4v) is 4.30. The number of hydrogen-bond donors (Lipinski definition) is 2. The predicted octanol–water partition coefficient (Wildman–Crippen LogP) is 2.03. The second-order valence-electron chi connectivity index (χ2n) is 7.45. The number of nitrogens with zero attached hydrogens (tertiary/aromatic N) is 1. The molecule has 0 bridgehead atoms. The number of nitrogens with one attached hydrogen (secondary N) is 1. The normalized spacial score (nSPS) is 25.2. The van der Waals surface area contributed by atoms with Crippen LogP contribution in [0.3, 0.4) is 0 Å². The highest BCUT2D eigenvalue weighted by Crippen LogP contribution is 2.48. The molecule has 0 unspecified atom stereocenters. The summed E-state index contributed by atoms with van der Waals surface area (Å²) in [7, 11) is 0. The fourth-order valence-electron chi connectivity index (χ4n) is 4.30. The van der Waals surface area contributed by atoms with Gasteiger partial charge in [0, 0.05) is 26.2 Å². The number of ether oxygens (including phenoxy) is 1. The zero-order valence-corrected chi connectivity index (χ0v) is 15.4. The summed E-state index contributed by atoms with van der Waals surface area (Å²) in [5.74, 6) is -0.565. The lowest BCUT2D eigenvalue weighted by atomic mass is 9.81. The summed E-state index contributed by atoms with van der Waals surface area (Å²) < 4.78 is 5.37. The minimum atomic E-state index is -0.699. The van der Waals surface area contributed by atoms with Crippen molar-refractivity contribution in [2.75, 3.05) is 26.2 Å². The van der Waals surface area contributed by atoms with Crippen LogP contribution in [0.15, 0.2) is 24.3 Å². The molecule has 26 heavy (non-hydrogen) atoms. The van der Waals surface area contributed by atoms with Crippen molar-refractivity contribution in [3.8, 4) is 0 Å². The van der Waals surface area contributed by atoms with Gasteiger partial charge in [-0.3, -0.25) is 14.5 Å². The summed E-state index contributed by atoms with van der Waals surface area (Å²) in [5.41, 5.74) is 1.53. The van der Waals surface area contributed by atoms with Crippen LogP contribution in [-0.2, 0) is 27.5 Å². The van der Waals surface area contributed by atoms with E-state index in [0.717, 1.165) is 30.4 Å². The molecule has 6 nitrogen and oxygen atoms in total. The van der Waals surface area contributed by atoms with Gasteiger partial charge in [0.1, 0.15) is 0 Å². The van der Waals surface area contributed by atoms with E-state index in [9.17, 15) is 14.7 Å². The highest BCUT2D eigenvalue weighted by molar-refractivity contribution is 5.79. The van der Waals surface area contributed by atoms with E-state index in [1.165, 1.54) is 0 Å². The van der Waals surface area contributed by atoms with Crippen LogP contribution in [0.25, 0.3) is 0 Å². The lowest BCUT2D eigenvalue weighted by molar-refractivity contribution is -0.149. The van der Waals surface area contributed by atoms with Crippen LogP contribution < -0.4 is 5.32 Å². The Morgan fingerprint density at radius 3 is 2.69 bits per heavy atom. The van der Waals surface area contributed by atoms with Crippen molar-refractivity contribution in [1.82, 2.24) is 10.2 Å². The van der Waals surface area contributed by atoms with Gasteiger partial charge < -0.3 is 15.2 Å². The first-order valence-electron chi connectivity index (χ1n) is 9.41. The molecule has 142 valence electrons. The SMILES string of the molecule is CCOCc1ccc(CNC(=O)CN2C[C@@H]3CCC[C@@]3(C(=O)O)C2)cc1. The molecule has 6 heteroatoms. The highest BCUT2D eigenvalue weighted by atomic mass is 16.5. The van der Waals surface area contributed by atoms with Crippen LogP contribution in [-0.4, -0.2) is 48.1 Å². The van der Waals surface area contributed by atoms with Crippen LogP contribution in [0.1, 0.15) is 37.3 Å². The van der Waals surface area contributed by atoms with Crippen molar-refractivity contribution in [1.29, 1.82) is 0 Å². The van der Waals surface area contributed by atoms with Crippen molar-refractivity contribution in [2.45, 2.75) is 39.3 Å². The second kappa shape index (κ2) is 8.18. The summed E-state index contributed by atoms with van der Waals surface area (Å²) in [6.45, 7) is 5.22. The van der Waals surface area contributed by atoms with Crippen LogP contribution in [0, 0.1) is 11.3 Å². The van der Waals surface area contributed by atoms with E-state index in [0.29, 0.717) is 32.8 Å². The Labute approximate surface area is 154 Å². The Hall–Kier alpha value is -1.92. The van der Waals surface area contributed by atoms with E-state index >= 15 is 0 Å². The smallest absolute Gasteiger partial charge is 0.311 e. The van der Waals surface area contributed by atoms with E-state index in [1.54, 1.807) is 0 Å². The van der Waals surface area contributed by atoms with E-state index in [2.05, 4.69) is 5.32 Å². The number of hydrogen-bond acceptors (Lipinski definition) is 4. The third kappa shape index (κ3) is 4.07. The van der Waals surface area contributed by atoms with E-state index in [-0.39, 0.29) is 18.4 Å². The maximum Gasteiger partial charge on any atom is 0.311 e. The minimum Gasteiger partial charge on any atom is -0.481 e. The third-order valence-corrected chi connectivity index (χ3v) is 5.72. The number of rotatable bonds is 8. The molecule has 1 saturated carbocycles. The number of carbonyl (C=O) groups is 2. The van der Waals surface area contributed by atoms with E-state index in [4.69, 9.17) is 4.74 Å². The number of aliphatic carboxylic acids is 1. The van der Waals surface area contributed by atoms with Crippen molar-refractivity contribution < 1.29 is 19.4 Å². The molecular formula is C20H28N2O4. The van der Waals surface area contributed by atoms with E-state index in [1.807, 2.05) is 36.1 Å². The van der Waals surface area contributed by atoms with Crippen LogP contribution in [0.2, 0.25) is 0 Å². The minimum absolute atomic E-state index is 0.0519. The number of carboxylic acids is 1. The van der Waals surface area contributed by atoms with Crippen LogP contribution in [0.4, 0.5) is 0 Å². The van der Waals surface area contributed by atoms with Crippen LogP contribution >= 0.6 is 0 Å². The summed E-state index contributed by atoms with van der Waals surface area (Å²) in [4.78, 5) is 26.0. The molecule has 1 heterocycles. The molecule has 2 N–H and O–H groups in total. The predicted molar refractivity (Wildman–Crippen MR) is 97.5 cm³/mol. The van der Waals surface area contributed by atoms with Gasteiger partial charge in [-0.15, -0.1) is 0 Å².